The van der Waals surface area contributed by atoms with E-state index in [1.807, 2.05) is 0 Å². The molecule has 4 saturated carbocycles. The van der Waals surface area contributed by atoms with E-state index in [9.17, 15) is 39.0 Å². The number of nitrogens with zero attached hydrogens (tertiary/aromatic N) is 2. The molecule has 6 aliphatic rings. The average Bonchev–Trinajstić information content (AvgIpc) is 0.669. The van der Waals surface area contributed by atoms with Crippen LogP contribution in [-0.2, 0) is 65.3 Å². The van der Waals surface area contributed by atoms with Crippen molar-refractivity contribution >= 4 is 103 Å². The molecule has 10 aromatic rings. The minimum atomic E-state index is -1.84. The van der Waals surface area contributed by atoms with Gasteiger partial charge in [-0.05, 0) is 210 Å². The molecule has 2 heterocycles. The number of allylic oxidation sites excluding steroid dienone is 4. The van der Waals surface area contributed by atoms with E-state index in [1.54, 1.807) is 153 Å². The van der Waals surface area contributed by atoms with Crippen LogP contribution in [0.2, 0.25) is 0 Å². The number of esters is 4. The maximum Gasteiger partial charge on any atom is 0.330 e. The number of hydrogen-bond acceptors (Lipinski definition) is 22. The van der Waals surface area contributed by atoms with E-state index in [4.69, 9.17) is 56.8 Å². The molecule has 4 aliphatic carbocycles. The van der Waals surface area contributed by atoms with Crippen molar-refractivity contribution in [1.29, 1.82) is 0 Å². The highest BCUT2D eigenvalue weighted by atomic mass is 16.6. The van der Waals surface area contributed by atoms with Crippen LogP contribution in [0.1, 0.15) is 162 Å². The Bertz CT molecular complexity index is 6150. The molecule has 10 atom stereocenters. The number of carboxylic acids is 2. The first-order valence-electron chi connectivity index (χ1n) is 43.2. The SMILES string of the molecule is C=CC(=O)OC1CCCC(O/C(C=C)=C/C=C(\C)Oc2cc3c4c(cc(Oc5ccc(OC6CCCC(OC(=O)C=C)C6)cc5)c5c6c(Oc7ccc(OC8CCCC(OC(=O)C=C)C8)cc7)cc7c8c(cc(Oc9ccc(OC%10CCCC(OC(=O)C=C)C%10)cc9)c(c2c45)c86)C(=O)N(C(Cc2ccccc2)C(=O)O)C7=O)C(=O)N(C(Cc2ccccc2)C(=O)O)C3=O)C1. The van der Waals surface area contributed by atoms with Gasteiger partial charge in [0.2, 0.25) is 0 Å². The van der Waals surface area contributed by atoms with Crippen molar-refractivity contribution in [2.24, 2.45) is 0 Å². The van der Waals surface area contributed by atoms with Crippen LogP contribution in [0.3, 0.4) is 0 Å². The maximum absolute atomic E-state index is 16.4. The second-order valence-electron chi connectivity index (χ2n) is 32.8. The summed E-state index contributed by atoms with van der Waals surface area (Å²) in [6.45, 7) is 19.9. The predicted molar refractivity (Wildman–Crippen MR) is 476 cm³/mol. The first-order chi connectivity index (χ1) is 62.5. The highest BCUT2D eigenvalue weighted by Crippen LogP contribution is 2.58. The third-order valence-corrected chi connectivity index (χ3v) is 24.1. The van der Waals surface area contributed by atoms with Crippen molar-refractivity contribution in [3.63, 3.8) is 0 Å². The second-order valence-corrected chi connectivity index (χ2v) is 32.8. The van der Waals surface area contributed by atoms with Gasteiger partial charge >= 0.3 is 35.8 Å². The Kier molecular flexibility index (Phi) is 26.2. The zero-order valence-electron chi connectivity index (χ0n) is 70.9. The number of rotatable bonds is 34. The first-order valence-corrected chi connectivity index (χ1v) is 43.2. The predicted octanol–water partition coefficient (Wildman–Crippen LogP) is 19.4. The zero-order chi connectivity index (χ0) is 90.3. The van der Waals surface area contributed by atoms with Crippen molar-refractivity contribution in [2.45, 2.75) is 183 Å². The second kappa shape index (κ2) is 38.6. The summed E-state index contributed by atoms with van der Waals surface area (Å²) in [6, 6.07) is 38.7. The van der Waals surface area contributed by atoms with Crippen LogP contribution in [0.15, 0.2) is 245 Å². The summed E-state index contributed by atoms with van der Waals surface area (Å²) in [7, 11) is 0. The Morgan fingerprint density at radius 1 is 0.349 bits per heavy atom. The fourth-order valence-corrected chi connectivity index (χ4v) is 18.3. The van der Waals surface area contributed by atoms with E-state index in [0.29, 0.717) is 141 Å². The van der Waals surface area contributed by atoms with Gasteiger partial charge < -0.3 is 67.1 Å². The summed E-state index contributed by atoms with van der Waals surface area (Å²) in [5, 5.41) is 23.2. The molecule has 4 fully saturated rings. The van der Waals surface area contributed by atoms with Gasteiger partial charge in [-0.1, -0.05) is 93.6 Å². The van der Waals surface area contributed by atoms with Crippen molar-refractivity contribution in [3.8, 4) is 57.5 Å². The van der Waals surface area contributed by atoms with Gasteiger partial charge in [0.15, 0.2) is 0 Å². The summed E-state index contributed by atoms with van der Waals surface area (Å²) >= 11 is 0. The molecule has 0 bridgehead atoms. The topological polar surface area (TPSA) is 328 Å². The summed E-state index contributed by atoms with van der Waals surface area (Å²) in [6.07, 6.45) is 14.4. The van der Waals surface area contributed by atoms with Gasteiger partial charge in [0.25, 0.3) is 23.6 Å². The summed E-state index contributed by atoms with van der Waals surface area (Å²) < 4.78 is 78.0. The van der Waals surface area contributed by atoms with E-state index in [2.05, 4.69) is 32.9 Å². The number of amides is 4. The van der Waals surface area contributed by atoms with Gasteiger partial charge in [-0.2, -0.15) is 0 Å². The number of carboxylic acid groups (broad SMARTS) is 2. The van der Waals surface area contributed by atoms with Crippen LogP contribution in [0, 0.1) is 0 Å². The van der Waals surface area contributed by atoms with Crippen molar-refractivity contribution in [1.82, 2.24) is 9.80 Å². The number of imide groups is 2. The van der Waals surface area contributed by atoms with Crippen molar-refractivity contribution in [2.75, 3.05) is 0 Å². The van der Waals surface area contributed by atoms with Crippen LogP contribution < -0.4 is 33.2 Å². The normalized spacial score (nSPS) is 20.3. The molecule has 26 nitrogen and oxygen atoms in total. The van der Waals surface area contributed by atoms with Crippen LogP contribution >= 0.6 is 0 Å². The standard InChI is InChI=1S/C103H94N2O24/c1-7-61(119-68-26-18-30-72(50-68)126-86(106)8-2)35-34-58(6)118-82-54-76-90-77(99(111)104(98(76)110)80(102(114)115)48-59-22-14-12-15-23-59)56-84(124-66-44-38-63(39-45-66)121-70-28-20-32-74(52-70)128-88(108)10-4)94-95-85(125-67-46-40-64(41-47-67)122-71-29-21-33-75(53-71)129-89(109)11-5)57-79-91-78(100(112)105(101(79)113)81(103(116)117)49-60-24-16-13-17-25-60)55-83(93(97(91)95)92(82)96(90)94)123-65-42-36-62(37-43-65)120-69-27-19-31-73(51-69)127-87(107)9-3/h7-17,22-25,34-47,54-57,68-75,80-81H,1-5,18-21,26-33,48-53H2,6H3,(H,114,115)(H,116,117)/b58-34+,61-35+. The molecule has 10 aromatic carbocycles. The van der Waals surface area contributed by atoms with E-state index >= 15 is 19.2 Å². The monoisotopic (exact) mass is 1740 g/mol. The lowest BCUT2D eigenvalue weighted by molar-refractivity contribution is -0.147. The quantitative estimate of drug-likeness (QED) is 0.00553. The Morgan fingerprint density at radius 2 is 0.628 bits per heavy atom. The molecule has 0 spiro atoms. The molecule has 10 unspecified atom stereocenters. The molecule has 0 saturated heterocycles. The molecule has 129 heavy (non-hydrogen) atoms. The van der Waals surface area contributed by atoms with Gasteiger partial charge in [-0.3, -0.25) is 29.0 Å². The molecular formula is C103H94N2O24. The average molecular weight is 1740 g/mol. The molecule has 2 aliphatic heterocycles. The summed E-state index contributed by atoms with van der Waals surface area (Å²) in [4.78, 5) is 145. The van der Waals surface area contributed by atoms with Gasteiger partial charge in [-0.25, -0.2) is 28.8 Å². The van der Waals surface area contributed by atoms with E-state index in [1.165, 1.54) is 30.3 Å². The molecule has 660 valence electrons. The highest BCUT2D eigenvalue weighted by Gasteiger charge is 2.47. The maximum atomic E-state index is 16.4. The number of carbonyl (C=O) groups excluding carboxylic acids is 8. The largest absolute Gasteiger partial charge is 0.490 e. The summed E-state index contributed by atoms with van der Waals surface area (Å²) in [5.41, 5.74) is 0.0563. The third kappa shape index (κ3) is 19.2. The smallest absolute Gasteiger partial charge is 0.330 e. The molecule has 2 N–H and O–H groups in total. The highest BCUT2D eigenvalue weighted by molar-refractivity contribution is 6.45. The first kappa shape index (κ1) is 87.6. The molecule has 0 aromatic heterocycles. The van der Waals surface area contributed by atoms with Crippen molar-refractivity contribution < 1.29 is 115 Å². The lowest BCUT2D eigenvalue weighted by Crippen LogP contribution is -2.51. The third-order valence-electron chi connectivity index (χ3n) is 24.1. The Balaban J connectivity index is 0.963. The zero-order valence-corrected chi connectivity index (χ0v) is 70.9. The van der Waals surface area contributed by atoms with E-state index < -0.39 is 102 Å². The van der Waals surface area contributed by atoms with Gasteiger partial charge in [0.05, 0.1) is 22.3 Å². The summed E-state index contributed by atoms with van der Waals surface area (Å²) in [5.74, 6) is -8.02. The molecule has 26 heteroatoms. The lowest BCUT2D eigenvalue weighted by Gasteiger charge is -2.35. The number of aliphatic carboxylic acids is 2. The Morgan fingerprint density at radius 3 is 0.930 bits per heavy atom. The molecular weight excluding hydrogens is 1650 g/mol. The number of carbonyl (C=O) groups is 10. The van der Waals surface area contributed by atoms with Crippen LogP contribution in [0.25, 0.3) is 43.1 Å². The molecule has 16 rings (SSSR count). The van der Waals surface area contributed by atoms with Gasteiger partial charge in [0.1, 0.15) is 130 Å². The Labute approximate surface area is 742 Å². The van der Waals surface area contributed by atoms with E-state index in [-0.39, 0.29) is 148 Å². The van der Waals surface area contributed by atoms with E-state index in [0.717, 1.165) is 24.3 Å². The fraction of sp³-hybridized carbons (Fsp3) is 0.282. The van der Waals surface area contributed by atoms with Crippen LogP contribution in [0.5, 0.6) is 57.5 Å². The minimum absolute atomic E-state index is 0.0335. The van der Waals surface area contributed by atoms with Crippen LogP contribution in [-0.4, -0.2) is 140 Å². The lowest BCUT2D eigenvalue weighted by atomic mass is 9.80. The number of hydrogen-bond donors (Lipinski definition) is 2. The van der Waals surface area contributed by atoms with Gasteiger partial charge in [-0.15, -0.1) is 0 Å². The molecule has 0 radical (unpaired) electrons. The Hall–Kier alpha value is -14.8. The minimum Gasteiger partial charge on any atom is -0.490 e. The fourth-order valence-electron chi connectivity index (χ4n) is 18.3. The number of fused-ring (bicyclic) bond motifs is 2. The van der Waals surface area contributed by atoms with Crippen molar-refractivity contribution in [3.05, 3.63) is 278 Å². The molecule has 4 amide bonds. The van der Waals surface area contributed by atoms with Crippen LogP contribution in [0.4, 0.5) is 0 Å². The number of ether oxygens (including phenoxy) is 12. The van der Waals surface area contributed by atoms with Gasteiger partial charge in [0, 0.05) is 106 Å². The number of benzene rings is 10.